The summed E-state index contributed by atoms with van der Waals surface area (Å²) >= 11 is 0. The SMILES string of the molecule is Cc1ccc(OCC(=O)N/N=C\C2=CCCO2)c(C)c1. The van der Waals surface area contributed by atoms with Crippen LogP contribution in [0.15, 0.2) is 35.1 Å². The van der Waals surface area contributed by atoms with E-state index in [0.717, 1.165) is 17.5 Å². The number of benzene rings is 1. The number of rotatable bonds is 5. The monoisotopic (exact) mass is 274 g/mol. The Hall–Kier alpha value is -2.30. The molecule has 106 valence electrons. The van der Waals surface area contributed by atoms with Crippen LogP contribution in [0, 0.1) is 13.8 Å². The molecule has 1 aliphatic heterocycles. The minimum atomic E-state index is -0.306. The molecule has 1 amide bonds. The van der Waals surface area contributed by atoms with Gasteiger partial charge in [-0.15, -0.1) is 0 Å². The fraction of sp³-hybridized carbons (Fsp3) is 0.333. The van der Waals surface area contributed by atoms with Gasteiger partial charge in [-0.25, -0.2) is 5.43 Å². The summed E-state index contributed by atoms with van der Waals surface area (Å²) in [6.45, 7) is 4.56. The molecule has 1 N–H and O–H groups in total. The maximum atomic E-state index is 11.6. The first-order chi connectivity index (χ1) is 9.65. The lowest BCUT2D eigenvalue weighted by molar-refractivity contribution is -0.123. The largest absolute Gasteiger partial charge is 0.492 e. The Labute approximate surface area is 118 Å². The van der Waals surface area contributed by atoms with Crippen LogP contribution in [-0.2, 0) is 9.53 Å². The molecule has 0 atom stereocenters. The molecule has 0 saturated heterocycles. The van der Waals surface area contributed by atoms with Gasteiger partial charge in [-0.3, -0.25) is 4.79 Å². The van der Waals surface area contributed by atoms with Gasteiger partial charge in [0.25, 0.3) is 5.91 Å². The molecule has 0 unspecified atom stereocenters. The van der Waals surface area contributed by atoms with Crippen LogP contribution in [0.5, 0.6) is 5.75 Å². The van der Waals surface area contributed by atoms with Gasteiger partial charge >= 0.3 is 0 Å². The zero-order valence-electron chi connectivity index (χ0n) is 11.7. The number of hydrogen-bond donors (Lipinski definition) is 1. The van der Waals surface area contributed by atoms with Crippen LogP contribution in [0.1, 0.15) is 17.5 Å². The van der Waals surface area contributed by atoms with Crippen molar-refractivity contribution < 1.29 is 14.3 Å². The van der Waals surface area contributed by atoms with Crippen molar-refractivity contribution in [2.75, 3.05) is 13.2 Å². The highest BCUT2D eigenvalue weighted by Crippen LogP contribution is 2.18. The number of nitrogens with zero attached hydrogens (tertiary/aromatic N) is 1. The van der Waals surface area contributed by atoms with Crippen molar-refractivity contribution in [2.24, 2.45) is 5.10 Å². The van der Waals surface area contributed by atoms with Crippen LogP contribution in [0.3, 0.4) is 0 Å². The Morgan fingerprint density at radius 1 is 1.50 bits per heavy atom. The van der Waals surface area contributed by atoms with Crippen LogP contribution in [0.2, 0.25) is 0 Å². The number of allylic oxidation sites excluding steroid dienone is 1. The number of hydrazone groups is 1. The lowest BCUT2D eigenvalue weighted by Crippen LogP contribution is -2.24. The van der Waals surface area contributed by atoms with Gasteiger partial charge in [0.2, 0.25) is 0 Å². The first kappa shape index (κ1) is 14.1. The summed E-state index contributed by atoms with van der Waals surface area (Å²) < 4.78 is 10.7. The van der Waals surface area contributed by atoms with Crippen molar-refractivity contribution in [2.45, 2.75) is 20.3 Å². The summed E-state index contributed by atoms with van der Waals surface area (Å²) in [5.74, 6) is 1.08. The molecule has 0 radical (unpaired) electrons. The van der Waals surface area contributed by atoms with Crippen molar-refractivity contribution >= 4 is 12.1 Å². The van der Waals surface area contributed by atoms with Crippen molar-refractivity contribution in [1.82, 2.24) is 5.43 Å². The molecule has 0 aliphatic carbocycles. The van der Waals surface area contributed by atoms with Crippen molar-refractivity contribution in [3.05, 3.63) is 41.2 Å². The fourth-order valence-corrected chi connectivity index (χ4v) is 1.83. The minimum absolute atomic E-state index is 0.0683. The van der Waals surface area contributed by atoms with E-state index >= 15 is 0 Å². The van der Waals surface area contributed by atoms with E-state index in [4.69, 9.17) is 9.47 Å². The molecule has 0 aromatic heterocycles. The Bertz CT molecular complexity index is 550. The molecule has 0 bridgehead atoms. The van der Waals surface area contributed by atoms with E-state index in [1.54, 1.807) is 0 Å². The van der Waals surface area contributed by atoms with Crippen molar-refractivity contribution in [1.29, 1.82) is 0 Å². The summed E-state index contributed by atoms with van der Waals surface area (Å²) in [5, 5.41) is 3.80. The molecule has 0 spiro atoms. The second-order valence-corrected chi connectivity index (χ2v) is 4.59. The second kappa shape index (κ2) is 6.75. The highest BCUT2D eigenvalue weighted by Gasteiger charge is 2.05. The highest BCUT2D eigenvalue weighted by molar-refractivity contribution is 5.81. The molecule has 5 nitrogen and oxygen atoms in total. The zero-order chi connectivity index (χ0) is 14.4. The van der Waals surface area contributed by atoms with Crippen LogP contribution < -0.4 is 10.2 Å². The van der Waals surface area contributed by atoms with E-state index < -0.39 is 0 Å². The molecule has 0 saturated carbocycles. The molecule has 0 fully saturated rings. The fourth-order valence-electron chi connectivity index (χ4n) is 1.83. The summed E-state index contributed by atoms with van der Waals surface area (Å²) in [5.41, 5.74) is 4.56. The van der Waals surface area contributed by atoms with Gasteiger partial charge in [0.15, 0.2) is 6.61 Å². The van der Waals surface area contributed by atoms with Crippen molar-refractivity contribution in [3.63, 3.8) is 0 Å². The third kappa shape index (κ3) is 4.12. The number of hydrogen-bond acceptors (Lipinski definition) is 4. The van der Waals surface area contributed by atoms with Gasteiger partial charge in [0.05, 0.1) is 12.8 Å². The van der Waals surface area contributed by atoms with Crippen LogP contribution in [-0.4, -0.2) is 25.3 Å². The predicted molar refractivity (Wildman–Crippen MR) is 76.7 cm³/mol. The maximum Gasteiger partial charge on any atom is 0.277 e. The van der Waals surface area contributed by atoms with Gasteiger partial charge in [0.1, 0.15) is 11.5 Å². The summed E-state index contributed by atoms with van der Waals surface area (Å²) in [6.07, 6.45) is 4.29. The van der Waals surface area contributed by atoms with Gasteiger partial charge < -0.3 is 9.47 Å². The van der Waals surface area contributed by atoms with E-state index in [1.807, 2.05) is 38.1 Å². The van der Waals surface area contributed by atoms with E-state index in [-0.39, 0.29) is 12.5 Å². The predicted octanol–water partition coefficient (Wildman–Crippen LogP) is 2.09. The third-order valence-corrected chi connectivity index (χ3v) is 2.80. The number of carbonyl (C=O) groups excluding carboxylic acids is 1. The Balaban J connectivity index is 1.77. The molecule has 1 aromatic rings. The second-order valence-electron chi connectivity index (χ2n) is 4.59. The number of amides is 1. The standard InChI is InChI=1S/C15H18N2O3/c1-11-5-6-14(12(2)8-11)20-10-15(18)17-16-9-13-4-3-7-19-13/h4-6,8-9H,3,7,10H2,1-2H3,(H,17,18)/b16-9-. The first-order valence-electron chi connectivity index (χ1n) is 6.50. The average molecular weight is 274 g/mol. The highest BCUT2D eigenvalue weighted by atomic mass is 16.5. The lowest BCUT2D eigenvalue weighted by atomic mass is 10.1. The van der Waals surface area contributed by atoms with Crippen LogP contribution in [0.4, 0.5) is 0 Å². The molecule has 1 aromatic carbocycles. The van der Waals surface area contributed by atoms with Crippen LogP contribution in [0.25, 0.3) is 0 Å². The van der Waals surface area contributed by atoms with Gasteiger partial charge in [-0.05, 0) is 31.6 Å². The number of carbonyl (C=O) groups is 1. The Morgan fingerprint density at radius 3 is 3.05 bits per heavy atom. The first-order valence-corrected chi connectivity index (χ1v) is 6.50. The lowest BCUT2D eigenvalue weighted by Gasteiger charge is -2.08. The minimum Gasteiger partial charge on any atom is -0.492 e. The van der Waals surface area contributed by atoms with E-state index in [2.05, 4.69) is 10.5 Å². The topological polar surface area (TPSA) is 59.9 Å². The maximum absolute atomic E-state index is 11.6. The molecule has 2 rings (SSSR count). The molecular weight excluding hydrogens is 256 g/mol. The van der Waals surface area contributed by atoms with Gasteiger partial charge in [0, 0.05) is 6.42 Å². The molecular formula is C15H18N2O3. The van der Waals surface area contributed by atoms with Gasteiger partial charge in [-0.1, -0.05) is 17.7 Å². The number of nitrogens with one attached hydrogen (secondary N) is 1. The number of aryl methyl sites for hydroxylation is 2. The quantitative estimate of drug-likeness (QED) is 0.660. The number of ether oxygens (including phenoxy) is 2. The molecule has 20 heavy (non-hydrogen) atoms. The summed E-state index contributed by atoms with van der Waals surface area (Å²) in [7, 11) is 0. The molecule has 5 heteroatoms. The smallest absolute Gasteiger partial charge is 0.277 e. The Morgan fingerprint density at radius 2 is 2.35 bits per heavy atom. The van der Waals surface area contributed by atoms with E-state index in [9.17, 15) is 4.79 Å². The summed E-state index contributed by atoms with van der Waals surface area (Å²) in [4.78, 5) is 11.6. The third-order valence-electron chi connectivity index (χ3n) is 2.80. The van der Waals surface area contributed by atoms with Crippen molar-refractivity contribution in [3.8, 4) is 5.75 Å². The summed E-state index contributed by atoms with van der Waals surface area (Å²) in [6, 6.07) is 5.82. The van der Waals surface area contributed by atoms with Crippen LogP contribution >= 0.6 is 0 Å². The average Bonchev–Trinajstić information content (AvgIpc) is 2.91. The van der Waals surface area contributed by atoms with E-state index in [0.29, 0.717) is 18.1 Å². The van der Waals surface area contributed by atoms with E-state index in [1.165, 1.54) is 6.21 Å². The van der Waals surface area contributed by atoms with Gasteiger partial charge in [-0.2, -0.15) is 5.10 Å². The molecule has 1 heterocycles. The zero-order valence-corrected chi connectivity index (χ0v) is 11.7. The normalized spacial score (nSPS) is 14.0. The Kier molecular flexibility index (Phi) is 4.76. The molecule has 1 aliphatic rings.